The van der Waals surface area contributed by atoms with Crippen LogP contribution in [0.15, 0.2) is 32.2 Å². The number of hydrogen-bond acceptors (Lipinski definition) is 5. The molecule has 0 aromatic carbocycles. The molecule has 0 unspecified atom stereocenters. The van der Waals surface area contributed by atoms with Gasteiger partial charge in [0.05, 0.1) is 5.69 Å². The van der Waals surface area contributed by atoms with Gasteiger partial charge in [-0.2, -0.15) is 0 Å². The molecule has 1 aromatic rings. The summed E-state index contributed by atoms with van der Waals surface area (Å²) in [5, 5.41) is 0. The molecule has 0 aliphatic heterocycles. The fourth-order valence-electron chi connectivity index (χ4n) is 1.44. The summed E-state index contributed by atoms with van der Waals surface area (Å²) >= 11 is 3.30. The molecule has 0 spiro atoms. The van der Waals surface area contributed by atoms with Crippen molar-refractivity contribution in [2.75, 3.05) is 20.3 Å². The maximum Gasteiger partial charge on any atom is 0.175 e. The van der Waals surface area contributed by atoms with E-state index in [1.54, 1.807) is 0 Å². The van der Waals surface area contributed by atoms with Gasteiger partial charge in [0.1, 0.15) is 16.8 Å². The molecule has 0 amide bonds. The number of nitrogens with two attached hydrogens (primary N) is 1. The van der Waals surface area contributed by atoms with Gasteiger partial charge in [0.15, 0.2) is 5.96 Å². The smallest absolute Gasteiger partial charge is 0.175 e. The fourth-order valence-corrected chi connectivity index (χ4v) is 2.39. The molecule has 2 N–H and O–H groups in total. The Balaban J connectivity index is 3.01. The molecule has 1 heterocycles. The van der Waals surface area contributed by atoms with Gasteiger partial charge in [-0.15, -0.1) is 0 Å². The molecule has 0 fully saturated rings. The van der Waals surface area contributed by atoms with Crippen LogP contribution in [0.2, 0.25) is 0 Å². The largest absolute Gasteiger partial charge is 0.424 e. The van der Waals surface area contributed by atoms with Gasteiger partial charge in [-0.05, 0) is 49.0 Å². The van der Waals surface area contributed by atoms with Crippen LogP contribution >= 0.6 is 15.9 Å². The highest BCUT2D eigenvalue weighted by Crippen LogP contribution is 2.24. The zero-order valence-corrected chi connectivity index (χ0v) is 14.5. The molecule has 0 radical (unpaired) electrons. The second-order valence-corrected chi connectivity index (χ2v) is 6.72. The summed E-state index contributed by atoms with van der Waals surface area (Å²) in [6.07, 6.45) is 0. The van der Waals surface area contributed by atoms with Gasteiger partial charge in [0, 0.05) is 6.54 Å². The summed E-state index contributed by atoms with van der Waals surface area (Å²) in [6, 6.07) is 5.48. The van der Waals surface area contributed by atoms with Gasteiger partial charge >= 0.3 is 0 Å². The maximum atomic E-state index is 12.0. The number of rotatable bonds is 5. The van der Waals surface area contributed by atoms with E-state index in [1.165, 1.54) is 11.4 Å². The average Bonchev–Trinajstić information content (AvgIpc) is 2.43. The second-order valence-electron chi connectivity index (χ2n) is 4.64. The Labute approximate surface area is 134 Å². The summed E-state index contributed by atoms with van der Waals surface area (Å²) in [6.45, 7) is 2.87. The van der Waals surface area contributed by atoms with E-state index in [4.69, 9.17) is 5.73 Å². The van der Waals surface area contributed by atoms with Crippen LogP contribution in [0, 0.1) is 0 Å². The number of halogens is 2. The first-order valence-corrected chi connectivity index (χ1v) is 8.01. The lowest BCUT2D eigenvalue weighted by Gasteiger charge is -2.27. The van der Waals surface area contributed by atoms with E-state index in [0.717, 1.165) is 0 Å². The van der Waals surface area contributed by atoms with Crippen molar-refractivity contribution in [1.29, 1.82) is 0 Å². The quantitative estimate of drug-likeness (QED) is 0.369. The molecule has 1 rings (SSSR count). The lowest BCUT2D eigenvalue weighted by molar-refractivity contribution is 0.502. The first kappa shape index (κ1) is 17.8. The summed E-state index contributed by atoms with van der Waals surface area (Å²) in [7, 11) is -0.270. The van der Waals surface area contributed by atoms with Gasteiger partial charge in [-0.1, -0.05) is 16.8 Å². The lowest BCUT2D eigenvalue weighted by atomic mass is 10.0. The number of hydrogen-bond donors (Lipinski definition) is 1. The molecule has 0 bridgehead atoms. The van der Waals surface area contributed by atoms with Crippen LogP contribution < -0.4 is 5.73 Å². The van der Waals surface area contributed by atoms with Crippen LogP contribution in [0.25, 0.3) is 0 Å². The molecule has 118 valence electrons. The highest BCUT2D eigenvalue weighted by molar-refractivity contribution is 9.10. The van der Waals surface area contributed by atoms with Gasteiger partial charge in [0.25, 0.3) is 0 Å². The fraction of sp³-hybridized carbons (Fsp3) is 0.500. The standard InChI is InChI=1S/C12H18BrFN5OS/c1-12(2,9-5-4-6-10(13)17-9)18-11(15)19(3)21(20)16-8-7-14/h4-6H,7-8H2,1-3H3,(H2,15,18)/q-1. The molecule has 0 aliphatic carbocycles. The van der Waals surface area contributed by atoms with Crippen molar-refractivity contribution in [1.82, 2.24) is 9.29 Å². The predicted octanol–water partition coefficient (Wildman–Crippen LogP) is 2.36. The van der Waals surface area contributed by atoms with Gasteiger partial charge < -0.3 is 18.6 Å². The first-order chi connectivity index (χ1) is 9.77. The zero-order valence-electron chi connectivity index (χ0n) is 12.1. The van der Waals surface area contributed by atoms with Gasteiger partial charge in [-0.3, -0.25) is 0 Å². The molecule has 0 saturated carbocycles. The number of guanidine groups is 1. The molecule has 9 heteroatoms. The van der Waals surface area contributed by atoms with E-state index >= 15 is 0 Å². The van der Waals surface area contributed by atoms with Crippen molar-refractivity contribution in [2.24, 2.45) is 15.1 Å². The Kier molecular flexibility index (Phi) is 6.53. The monoisotopic (exact) mass is 378 g/mol. The van der Waals surface area contributed by atoms with Crippen LogP contribution in [-0.4, -0.2) is 35.5 Å². The van der Waals surface area contributed by atoms with E-state index in [9.17, 15) is 8.60 Å². The molecular formula is C12H18BrFN5OS-. The Morgan fingerprint density at radius 2 is 2.24 bits per heavy atom. The summed E-state index contributed by atoms with van der Waals surface area (Å²) in [4.78, 5) is 8.68. The lowest BCUT2D eigenvalue weighted by Crippen LogP contribution is -2.35. The molecule has 1 aromatic heterocycles. The Bertz CT molecular complexity index is 601. The zero-order chi connectivity index (χ0) is 16.0. The maximum absolute atomic E-state index is 12.0. The minimum Gasteiger partial charge on any atom is -0.424 e. The van der Waals surface area contributed by atoms with Crippen molar-refractivity contribution in [3.63, 3.8) is 0 Å². The first-order valence-electron chi connectivity index (χ1n) is 6.15. The van der Waals surface area contributed by atoms with Gasteiger partial charge in [0.2, 0.25) is 0 Å². The van der Waals surface area contributed by atoms with Crippen molar-refractivity contribution in [2.45, 2.75) is 19.4 Å². The Morgan fingerprint density at radius 1 is 1.57 bits per heavy atom. The van der Waals surface area contributed by atoms with Crippen LogP contribution in [0.4, 0.5) is 4.39 Å². The van der Waals surface area contributed by atoms with E-state index in [2.05, 4.69) is 30.3 Å². The molecule has 0 saturated heterocycles. The summed E-state index contributed by atoms with van der Waals surface area (Å²) < 4.78 is 29.3. The van der Waals surface area contributed by atoms with E-state index < -0.39 is 23.0 Å². The number of alkyl halides is 1. The van der Waals surface area contributed by atoms with Crippen LogP contribution in [0.1, 0.15) is 19.5 Å². The molecule has 21 heavy (non-hydrogen) atoms. The number of aromatic nitrogens is 1. The highest BCUT2D eigenvalue weighted by Gasteiger charge is 2.22. The SMILES string of the molecule is CN(C(N)=NC(C)(C)c1cccc(Br)n1)[S-](=O)=NCCF. The summed E-state index contributed by atoms with van der Waals surface area (Å²) in [5.41, 5.74) is 5.85. The van der Waals surface area contributed by atoms with Crippen molar-refractivity contribution in [3.05, 3.63) is 28.5 Å². The molecule has 6 nitrogen and oxygen atoms in total. The molecule has 0 aliphatic rings. The molecule has 0 atom stereocenters. The third kappa shape index (κ3) is 5.24. The third-order valence-corrected chi connectivity index (χ3v) is 4.08. The Hall–Kier alpha value is -1.22. The van der Waals surface area contributed by atoms with Crippen LogP contribution in [0.3, 0.4) is 0 Å². The highest BCUT2D eigenvalue weighted by atomic mass is 79.9. The normalized spacial score (nSPS) is 14.2. The van der Waals surface area contributed by atoms with Crippen LogP contribution in [-0.2, 0) is 20.5 Å². The van der Waals surface area contributed by atoms with Crippen molar-refractivity contribution >= 4 is 32.7 Å². The van der Waals surface area contributed by atoms with E-state index in [0.29, 0.717) is 10.3 Å². The average molecular weight is 379 g/mol. The third-order valence-electron chi connectivity index (χ3n) is 2.58. The van der Waals surface area contributed by atoms with Gasteiger partial charge in [-0.25, -0.2) is 14.4 Å². The Morgan fingerprint density at radius 3 is 2.81 bits per heavy atom. The minimum atomic E-state index is -1.76. The number of pyridine rings is 1. The van der Waals surface area contributed by atoms with Crippen molar-refractivity contribution < 1.29 is 8.60 Å². The minimum absolute atomic E-state index is 0.0442. The van der Waals surface area contributed by atoms with Crippen LogP contribution in [0.5, 0.6) is 0 Å². The van der Waals surface area contributed by atoms with E-state index in [1.807, 2.05) is 32.0 Å². The predicted molar refractivity (Wildman–Crippen MR) is 85.7 cm³/mol. The number of aliphatic imine (C=N–C) groups is 1. The van der Waals surface area contributed by atoms with Crippen molar-refractivity contribution in [3.8, 4) is 0 Å². The topological polar surface area (TPSA) is 83.9 Å². The number of nitrogens with zero attached hydrogens (tertiary/aromatic N) is 4. The summed E-state index contributed by atoms with van der Waals surface area (Å²) in [5.74, 6) is 0.0442. The van der Waals surface area contributed by atoms with E-state index in [-0.39, 0.29) is 12.5 Å². The second kappa shape index (κ2) is 7.69. The molecular weight excluding hydrogens is 361 g/mol.